The van der Waals surface area contributed by atoms with Gasteiger partial charge in [-0.05, 0) is 32.1 Å². The number of nitrogens with zero attached hydrogens (tertiary/aromatic N) is 1. The van der Waals surface area contributed by atoms with Gasteiger partial charge in [0.2, 0.25) is 5.91 Å². The molecule has 1 unspecified atom stereocenters. The summed E-state index contributed by atoms with van der Waals surface area (Å²) in [6.07, 6.45) is 12.1. The molecule has 1 amide bonds. The summed E-state index contributed by atoms with van der Waals surface area (Å²) in [4.78, 5) is 14.9. The Morgan fingerprint density at radius 3 is 2.19 bits per heavy atom. The number of carbonyl (C=O) groups is 1. The summed E-state index contributed by atoms with van der Waals surface area (Å²) in [6, 6.07) is 0.191. The summed E-state index contributed by atoms with van der Waals surface area (Å²) in [7, 11) is -2.95. The van der Waals surface area contributed by atoms with Gasteiger partial charge in [-0.1, -0.05) is 31.4 Å². The van der Waals surface area contributed by atoms with Gasteiger partial charge in [0.25, 0.3) is 0 Å². The van der Waals surface area contributed by atoms with E-state index in [0.29, 0.717) is 6.42 Å². The molecule has 0 bridgehead atoms. The maximum atomic E-state index is 12.9. The molecule has 4 nitrogen and oxygen atoms in total. The second-order valence-corrected chi connectivity index (χ2v) is 8.96. The van der Waals surface area contributed by atoms with Crippen molar-refractivity contribution in [1.82, 2.24) is 4.90 Å². The standard InChI is InChI=1S/C16H25NO3S/c18-16(13-6-4-5-7-13)17(14-8-2-1-3-9-14)15-10-11-21(19,20)12-15/h4-5,13-15H,1-3,6-12H2. The van der Waals surface area contributed by atoms with Gasteiger partial charge in [-0.25, -0.2) is 8.42 Å². The van der Waals surface area contributed by atoms with E-state index in [1.807, 2.05) is 4.90 Å². The van der Waals surface area contributed by atoms with Crippen LogP contribution in [0.4, 0.5) is 0 Å². The number of allylic oxidation sites excluding steroid dienone is 2. The van der Waals surface area contributed by atoms with Gasteiger partial charge >= 0.3 is 0 Å². The summed E-state index contributed by atoms with van der Waals surface area (Å²) in [6.45, 7) is 0. The lowest BCUT2D eigenvalue weighted by molar-refractivity contribution is -0.140. The number of amides is 1. The highest BCUT2D eigenvalue weighted by Crippen LogP contribution is 2.31. The van der Waals surface area contributed by atoms with Crippen molar-refractivity contribution in [2.45, 2.75) is 63.5 Å². The van der Waals surface area contributed by atoms with Crippen LogP contribution in [0, 0.1) is 5.92 Å². The first kappa shape index (κ1) is 15.1. The van der Waals surface area contributed by atoms with E-state index in [2.05, 4.69) is 12.2 Å². The molecule has 3 aliphatic rings. The first-order valence-corrected chi connectivity index (χ1v) is 10.1. The minimum absolute atomic E-state index is 0.0511. The Kier molecular flexibility index (Phi) is 4.38. The molecule has 1 atom stereocenters. The van der Waals surface area contributed by atoms with Crippen molar-refractivity contribution in [3.8, 4) is 0 Å². The van der Waals surface area contributed by atoms with Crippen molar-refractivity contribution >= 4 is 15.7 Å². The van der Waals surface area contributed by atoms with E-state index < -0.39 is 9.84 Å². The summed E-state index contributed by atoms with van der Waals surface area (Å²) in [5, 5.41) is 0. The summed E-state index contributed by atoms with van der Waals surface area (Å²) >= 11 is 0. The minimum Gasteiger partial charge on any atom is -0.335 e. The van der Waals surface area contributed by atoms with Gasteiger partial charge < -0.3 is 4.90 Å². The highest BCUT2D eigenvalue weighted by Gasteiger charge is 2.40. The van der Waals surface area contributed by atoms with Gasteiger partial charge in [-0.3, -0.25) is 4.79 Å². The van der Waals surface area contributed by atoms with Gasteiger partial charge in [0, 0.05) is 18.0 Å². The second-order valence-electron chi connectivity index (χ2n) is 6.73. The molecule has 2 fully saturated rings. The van der Waals surface area contributed by atoms with Crippen molar-refractivity contribution in [2.75, 3.05) is 11.5 Å². The van der Waals surface area contributed by atoms with E-state index in [4.69, 9.17) is 0 Å². The zero-order valence-corrected chi connectivity index (χ0v) is 13.4. The van der Waals surface area contributed by atoms with Crippen LogP contribution in [0.5, 0.6) is 0 Å². The van der Waals surface area contributed by atoms with Crippen molar-refractivity contribution in [1.29, 1.82) is 0 Å². The van der Waals surface area contributed by atoms with Crippen LogP contribution in [0.2, 0.25) is 0 Å². The number of rotatable bonds is 3. The fraction of sp³-hybridized carbons (Fsp3) is 0.812. The molecule has 0 aromatic carbocycles. The molecular formula is C16H25NO3S. The summed E-state index contributed by atoms with van der Waals surface area (Å²) < 4.78 is 23.6. The van der Waals surface area contributed by atoms with Crippen molar-refractivity contribution in [2.24, 2.45) is 5.92 Å². The molecule has 118 valence electrons. The Morgan fingerprint density at radius 2 is 1.62 bits per heavy atom. The Hall–Kier alpha value is -0.840. The lowest BCUT2D eigenvalue weighted by atomic mass is 9.91. The Labute approximate surface area is 127 Å². The molecule has 0 radical (unpaired) electrons. The van der Waals surface area contributed by atoms with Gasteiger partial charge in [0.1, 0.15) is 0 Å². The first-order chi connectivity index (χ1) is 10.1. The monoisotopic (exact) mass is 311 g/mol. The normalized spacial score (nSPS) is 29.8. The molecule has 0 N–H and O–H groups in total. The van der Waals surface area contributed by atoms with Gasteiger partial charge in [0.15, 0.2) is 9.84 Å². The van der Waals surface area contributed by atoms with E-state index in [1.54, 1.807) is 0 Å². The molecule has 3 rings (SSSR count). The lowest BCUT2D eigenvalue weighted by Crippen LogP contribution is -2.50. The highest BCUT2D eigenvalue weighted by molar-refractivity contribution is 7.91. The molecule has 0 spiro atoms. The SMILES string of the molecule is O=C(C1CC=CC1)N(C1CCCCC1)C1CCS(=O)(=O)C1. The third kappa shape index (κ3) is 3.33. The number of hydrogen-bond acceptors (Lipinski definition) is 3. The molecule has 1 saturated heterocycles. The van der Waals surface area contributed by atoms with E-state index in [0.717, 1.165) is 38.5 Å². The van der Waals surface area contributed by atoms with E-state index in [-0.39, 0.29) is 35.4 Å². The lowest BCUT2D eigenvalue weighted by Gasteiger charge is -2.39. The molecule has 5 heteroatoms. The van der Waals surface area contributed by atoms with E-state index in [1.165, 1.54) is 6.42 Å². The fourth-order valence-corrected chi connectivity index (χ4v) is 5.75. The van der Waals surface area contributed by atoms with Crippen molar-refractivity contribution in [3.05, 3.63) is 12.2 Å². The Balaban J connectivity index is 1.78. The topological polar surface area (TPSA) is 54.5 Å². The third-order valence-electron chi connectivity index (χ3n) is 5.18. The van der Waals surface area contributed by atoms with E-state index in [9.17, 15) is 13.2 Å². The molecule has 1 heterocycles. The number of carbonyl (C=O) groups excluding carboxylic acids is 1. The largest absolute Gasteiger partial charge is 0.335 e. The molecule has 1 saturated carbocycles. The van der Waals surface area contributed by atoms with Gasteiger partial charge in [-0.15, -0.1) is 0 Å². The molecular weight excluding hydrogens is 286 g/mol. The van der Waals surface area contributed by atoms with Crippen LogP contribution in [-0.2, 0) is 14.6 Å². The maximum absolute atomic E-state index is 12.9. The van der Waals surface area contributed by atoms with Crippen LogP contribution in [-0.4, -0.2) is 42.8 Å². The molecule has 1 aliphatic heterocycles. The molecule has 0 aromatic heterocycles. The fourth-order valence-electron chi connectivity index (χ4n) is 4.04. The van der Waals surface area contributed by atoms with Gasteiger partial charge in [-0.2, -0.15) is 0 Å². The molecule has 0 aromatic rings. The second kappa shape index (κ2) is 6.11. The summed E-state index contributed by atoms with van der Waals surface area (Å²) in [5.41, 5.74) is 0. The van der Waals surface area contributed by atoms with Crippen LogP contribution in [0.3, 0.4) is 0 Å². The highest BCUT2D eigenvalue weighted by atomic mass is 32.2. The van der Waals surface area contributed by atoms with Crippen molar-refractivity contribution < 1.29 is 13.2 Å². The smallest absolute Gasteiger partial charge is 0.226 e. The Morgan fingerprint density at radius 1 is 0.952 bits per heavy atom. The van der Waals surface area contributed by atoms with Crippen LogP contribution < -0.4 is 0 Å². The van der Waals surface area contributed by atoms with Crippen molar-refractivity contribution in [3.63, 3.8) is 0 Å². The zero-order valence-electron chi connectivity index (χ0n) is 12.5. The number of hydrogen-bond donors (Lipinski definition) is 0. The van der Waals surface area contributed by atoms with Crippen LogP contribution in [0.25, 0.3) is 0 Å². The minimum atomic E-state index is -2.95. The summed E-state index contributed by atoms with van der Waals surface area (Å²) in [5.74, 6) is 0.677. The van der Waals surface area contributed by atoms with E-state index >= 15 is 0 Å². The number of sulfone groups is 1. The van der Waals surface area contributed by atoms with Crippen LogP contribution in [0.15, 0.2) is 12.2 Å². The van der Waals surface area contributed by atoms with Gasteiger partial charge in [0.05, 0.1) is 11.5 Å². The van der Waals surface area contributed by atoms with Crippen LogP contribution >= 0.6 is 0 Å². The quantitative estimate of drug-likeness (QED) is 0.752. The average molecular weight is 311 g/mol. The third-order valence-corrected chi connectivity index (χ3v) is 6.93. The molecule has 2 aliphatic carbocycles. The average Bonchev–Trinajstić information content (AvgIpc) is 3.10. The Bertz CT molecular complexity index is 512. The predicted molar refractivity (Wildman–Crippen MR) is 82.6 cm³/mol. The van der Waals surface area contributed by atoms with Crippen LogP contribution in [0.1, 0.15) is 51.4 Å². The molecule has 21 heavy (non-hydrogen) atoms. The zero-order chi connectivity index (χ0) is 14.9. The predicted octanol–water partition coefficient (Wildman–Crippen LogP) is 2.30. The first-order valence-electron chi connectivity index (χ1n) is 8.24. The maximum Gasteiger partial charge on any atom is 0.226 e.